The number of nitrogens with zero attached hydrogens (tertiary/aromatic N) is 2. The smallest absolute Gasteiger partial charge is 0.318 e. The van der Waals surface area contributed by atoms with Gasteiger partial charge in [-0.15, -0.1) is 0 Å². The number of nitrogens with one attached hydrogen (secondary N) is 1. The van der Waals surface area contributed by atoms with E-state index in [0.717, 1.165) is 11.8 Å². The van der Waals surface area contributed by atoms with E-state index in [1.807, 2.05) is 5.32 Å². The number of aromatic nitrogens is 2. The van der Waals surface area contributed by atoms with E-state index in [4.69, 9.17) is 21.8 Å². The van der Waals surface area contributed by atoms with Crippen molar-refractivity contribution in [2.24, 2.45) is 5.73 Å². The molecular weight excluding hydrogens is 392 g/mol. The van der Waals surface area contributed by atoms with Crippen LogP contribution in [0.15, 0.2) is 51.0 Å². The lowest BCUT2D eigenvalue weighted by atomic mass is 10.2. The summed E-state index contributed by atoms with van der Waals surface area (Å²) in [6, 6.07) is 7.29. The molecule has 1 atom stereocenters. The standard InChI is InChI=1S/C17H15ClN4O4S/c1-9(14(23)21-16(19)25)27-17-20-13-7-10(18)4-5-12(13)15(24)22(17)8-11-3-2-6-26-11/h2-7,9H,8H2,1H3,(H3,19,21,23,25)/t9-/m1/s1. The molecule has 1 aromatic carbocycles. The Hall–Kier alpha value is -2.78. The summed E-state index contributed by atoms with van der Waals surface area (Å²) in [5, 5.41) is 2.42. The Bertz CT molecular complexity index is 1060. The van der Waals surface area contributed by atoms with E-state index in [9.17, 15) is 14.4 Å². The average Bonchev–Trinajstić information content (AvgIpc) is 3.10. The van der Waals surface area contributed by atoms with Crippen molar-refractivity contribution in [3.63, 3.8) is 0 Å². The molecule has 0 spiro atoms. The Balaban J connectivity index is 2.06. The molecule has 2 heterocycles. The van der Waals surface area contributed by atoms with Crippen molar-refractivity contribution in [2.75, 3.05) is 0 Å². The monoisotopic (exact) mass is 406 g/mol. The van der Waals surface area contributed by atoms with Crippen molar-refractivity contribution in [1.29, 1.82) is 0 Å². The number of nitrogens with two attached hydrogens (primary N) is 1. The first kappa shape index (κ1) is 19.0. The number of rotatable bonds is 5. The molecule has 0 fully saturated rings. The quantitative estimate of drug-likeness (QED) is 0.495. The molecule has 140 valence electrons. The predicted octanol–water partition coefficient (Wildman–Crippen LogP) is 2.37. The zero-order chi connectivity index (χ0) is 19.6. The molecule has 3 amide bonds. The summed E-state index contributed by atoms with van der Waals surface area (Å²) < 4.78 is 6.74. The van der Waals surface area contributed by atoms with Crippen LogP contribution >= 0.6 is 23.4 Å². The second kappa shape index (κ2) is 7.85. The van der Waals surface area contributed by atoms with Crippen LogP contribution in [0, 0.1) is 0 Å². The van der Waals surface area contributed by atoms with Gasteiger partial charge in [-0.2, -0.15) is 0 Å². The van der Waals surface area contributed by atoms with E-state index in [0.29, 0.717) is 26.8 Å². The molecule has 0 aliphatic heterocycles. The third-order valence-electron chi connectivity index (χ3n) is 3.67. The van der Waals surface area contributed by atoms with Crippen LogP contribution in [0.25, 0.3) is 10.9 Å². The maximum absolute atomic E-state index is 13.0. The molecule has 0 aliphatic carbocycles. The van der Waals surface area contributed by atoms with Gasteiger partial charge in [-0.3, -0.25) is 19.5 Å². The lowest BCUT2D eigenvalue weighted by Crippen LogP contribution is -2.39. The second-order valence-corrected chi connectivity index (χ2v) is 7.38. The van der Waals surface area contributed by atoms with Gasteiger partial charge in [0.05, 0.1) is 29.0 Å². The highest BCUT2D eigenvalue weighted by Crippen LogP contribution is 2.24. The topological polar surface area (TPSA) is 120 Å². The molecule has 8 nitrogen and oxygen atoms in total. The van der Waals surface area contributed by atoms with Crippen molar-refractivity contribution in [1.82, 2.24) is 14.9 Å². The zero-order valence-corrected chi connectivity index (χ0v) is 15.7. The van der Waals surface area contributed by atoms with Crippen molar-refractivity contribution in [2.45, 2.75) is 23.9 Å². The molecule has 0 unspecified atom stereocenters. The first-order valence-electron chi connectivity index (χ1n) is 7.84. The van der Waals surface area contributed by atoms with E-state index in [-0.39, 0.29) is 12.1 Å². The van der Waals surface area contributed by atoms with Crippen molar-refractivity contribution < 1.29 is 14.0 Å². The third kappa shape index (κ3) is 4.32. The molecule has 3 aromatic rings. The van der Waals surface area contributed by atoms with Crippen LogP contribution < -0.4 is 16.6 Å². The fourth-order valence-electron chi connectivity index (χ4n) is 2.40. The Morgan fingerprint density at radius 3 is 2.85 bits per heavy atom. The number of furan rings is 1. The summed E-state index contributed by atoms with van der Waals surface area (Å²) in [7, 11) is 0. The van der Waals surface area contributed by atoms with Gasteiger partial charge >= 0.3 is 6.03 Å². The molecule has 0 radical (unpaired) electrons. The van der Waals surface area contributed by atoms with E-state index in [1.54, 1.807) is 37.3 Å². The number of hydrogen-bond acceptors (Lipinski definition) is 6. The van der Waals surface area contributed by atoms with Gasteiger partial charge in [0.25, 0.3) is 5.56 Å². The number of halogens is 1. The fourth-order valence-corrected chi connectivity index (χ4v) is 3.47. The largest absolute Gasteiger partial charge is 0.467 e. The van der Waals surface area contributed by atoms with Gasteiger partial charge < -0.3 is 10.2 Å². The Morgan fingerprint density at radius 1 is 1.41 bits per heavy atom. The molecule has 3 N–H and O–H groups in total. The Kier molecular flexibility index (Phi) is 5.52. The molecule has 27 heavy (non-hydrogen) atoms. The summed E-state index contributed by atoms with van der Waals surface area (Å²) >= 11 is 7.03. The molecule has 3 rings (SSSR count). The number of fused-ring (bicyclic) bond motifs is 1. The second-order valence-electron chi connectivity index (χ2n) is 5.64. The van der Waals surface area contributed by atoms with Gasteiger partial charge in [-0.25, -0.2) is 9.78 Å². The summed E-state index contributed by atoms with van der Waals surface area (Å²) in [4.78, 5) is 40.3. The summed E-state index contributed by atoms with van der Waals surface area (Å²) in [6.45, 7) is 1.72. The highest BCUT2D eigenvalue weighted by molar-refractivity contribution is 8.00. The van der Waals surface area contributed by atoms with E-state index in [2.05, 4.69) is 4.98 Å². The lowest BCUT2D eigenvalue weighted by Gasteiger charge is -2.15. The molecule has 0 aliphatic rings. The van der Waals surface area contributed by atoms with Gasteiger partial charge in [-0.05, 0) is 37.3 Å². The maximum Gasteiger partial charge on any atom is 0.318 e. The lowest BCUT2D eigenvalue weighted by molar-refractivity contribution is -0.119. The van der Waals surface area contributed by atoms with Crippen LogP contribution in [-0.4, -0.2) is 26.7 Å². The number of carbonyl (C=O) groups excluding carboxylic acids is 2. The molecule has 0 bridgehead atoms. The summed E-state index contributed by atoms with van der Waals surface area (Å²) in [5.41, 5.74) is 5.10. The molecule has 0 saturated carbocycles. The van der Waals surface area contributed by atoms with Crippen LogP contribution in [-0.2, 0) is 11.3 Å². The van der Waals surface area contributed by atoms with Crippen LogP contribution in [0.4, 0.5) is 4.79 Å². The third-order valence-corrected chi connectivity index (χ3v) is 5.00. The highest BCUT2D eigenvalue weighted by atomic mass is 35.5. The van der Waals surface area contributed by atoms with Gasteiger partial charge in [-0.1, -0.05) is 23.4 Å². The number of amides is 3. The van der Waals surface area contributed by atoms with E-state index in [1.165, 1.54) is 10.8 Å². The normalized spacial score (nSPS) is 12.1. The number of carbonyl (C=O) groups is 2. The first-order valence-corrected chi connectivity index (χ1v) is 9.10. The van der Waals surface area contributed by atoms with E-state index < -0.39 is 17.2 Å². The van der Waals surface area contributed by atoms with Crippen molar-refractivity contribution in [3.05, 3.63) is 57.7 Å². The molecule has 10 heteroatoms. The minimum Gasteiger partial charge on any atom is -0.467 e. The number of imide groups is 1. The highest BCUT2D eigenvalue weighted by Gasteiger charge is 2.21. The van der Waals surface area contributed by atoms with Crippen molar-refractivity contribution >= 4 is 46.2 Å². The van der Waals surface area contributed by atoms with Gasteiger partial charge in [0.15, 0.2) is 5.16 Å². The number of primary amides is 1. The van der Waals surface area contributed by atoms with Crippen LogP contribution in [0.2, 0.25) is 5.02 Å². The summed E-state index contributed by atoms with van der Waals surface area (Å²) in [6.07, 6.45) is 1.50. The Labute approximate surface area is 162 Å². The van der Waals surface area contributed by atoms with Crippen LogP contribution in [0.5, 0.6) is 0 Å². The number of urea groups is 1. The molecule has 2 aromatic heterocycles. The summed E-state index contributed by atoms with van der Waals surface area (Å²) in [5.74, 6) is -0.0270. The SMILES string of the molecule is C[C@@H](Sc1nc2cc(Cl)ccc2c(=O)n1Cc1ccco1)C(=O)NC(N)=O. The van der Waals surface area contributed by atoms with Crippen LogP contribution in [0.3, 0.4) is 0 Å². The van der Waals surface area contributed by atoms with Crippen LogP contribution in [0.1, 0.15) is 12.7 Å². The van der Waals surface area contributed by atoms with Gasteiger partial charge in [0.2, 0.25) is 5.91 Å². The molecular formula is C17H15ClN4O4S. The van der Waals surface area contributed by atoms with Gasteiger partial charge in [0.1, 0.15) is 5.76 Å². The zero-order valence-electron chi connectivity index (χ0n) is 14.1. The van der Waals surface area contributed by atoms with Gasteiger partial charge in [0, 0.05) is 5.02 Å². The maximum atomic E-state index is 13.0. The minimum absolute atomic E-state index is 0.143. The fraction of sp³-hybridized carbons (Fsp3) is 0.176. The molecule has 0 saturated heterocycles. The predicted molar refractivity (Wildman–Crippen MR) is 102 cm³/mol. The average molecular weight is 407 g/mol. The number of benzene rings is 1. The van der Waals surface area contributed by atoms with E-state index >= 15 is 0 Å². The number of hydrogen-bond donors (Lipinski definition) is 2. The van der Waals surface area contributed by atoms with Crippen molar-refractivity contribution in [3.8, 4) is 0 Å². The Morgan fingerprint density at radius 2 is 2.19 bits per heavy atom. The minimum atomic E-state index is -0.946. The number of thioether (sulfide) groups is 1. The first-order chi connectivity index (χ1) is 12.8.